The normalized spacial score (nSPS) is 15.7. The molecule has 0 saturated heterocycles. The van der Waals surface area contributed by atoms with Crippen LogP contribution < -0.4 is 14.6 Å². The van der Waals surface area contributed by atoms with Gasteiger partial charge in [0.25, 0.3) is 0 Å². The number of hydrogen-bond acceptors (Lipinski definition) is 8. The summed E-state index contributed by atoms with van der Waals surface area (Å²) in [5, 5.41) is 4.19. The molecule has 0 atom stereocenters. The lowest BCUT2D eigenvalue weighted by molar-refractivity contribution is 0.393. The molecule has 1 aromatic heterocycles. The van der Waals surface area contributed by atoms with Gasteiger partial charge in [-0.25, -0.2) is 23.4 Å². The van der Waals surface area contributed by atoms with Gasteiger partial charge in [0.15, 0.2) is 10.8 Å². The molecule has 3 heterocycles. The summed E-state index contributed by atoms with van der Waals surface area (Å²) >= 11 is 0. The predicted octanol–water partition coefficient (Wildman–Crippen LogP) is 3.19. The SMILES string of the molecule is COc1ccc(S(=O)(=O)c2ncnc3c2N(C)CN3N2CCC=C2c2ccccc2)cc1. The summed E-state index contributed by atoms with van der Waals surface area (Å²) in [4.78, 5) is 10.7. The summed E-state index contributed by atoms with van der Waals surface area (Å²) in [6.07, 6.45) is 4.43. The Morgan fingerprint density at radius 2 is 1.72 bits per heavy atom. The Morgan fingerprint density at radius 1 is 0.969 bits per heavy atom. The van der Waals surface area contributed by atoms with Gasteiger partial charge in [-0.15, -0.1) is 0 Å². The van der Waals surface area contributed by atoms with Gasteiger partial charge in [-0.2, -0.15) is 0 Å². The number of sulfone groups is 1. The van der Waals surface area contributed by atoms with Crippen LogP contribution in [0.25, 0.3) is 5.70 Å². The van der Waals surface area contributed by atoms with E-state index in [0.29, 0.717) is 23.9 Å². The molecule has 0 saturated carbocycles. The average molecular weight is 450 g/mol. The van der Waals surface area contributed by atoms with Crippen LogP contribution >= 0.6 is 0 Å². The monoisotopic (exact) mass is 449 g/mol. The Bertz CT molecular complexity index is 1280. The van der Waals surface area contributed by atoms with Crippen molar-refractivity contribution in [2.24, 2.45) is 0 Å². The predicted molar refractivity (Wildman–Crippen MR) is 122 cm³/mol. The molecule has 2 aliphatic rings. The fraction of sp³-hybridized carbons (Fsp3) is 0.217. The van der Waals surface area contributed by atoms with Gasteiger partial charge in [-0.05, 0) is 36.2 Å². The van der Waals surface area contributed by atoms with Crippen molar-refractivity contribution in [3.8, 4) is 5.75 Å². The van der Waals surface area contributed by atoms with Crippen molar-refractivity contribution in [3.05, 3.63) is 72.6 Å². The molecule has 9 heteroatoms. The van der Waals surface area contributed by atoms with Crippen LogP contribution in [0.4, 0.5) is 11.5 Å². The van der Waals surface area contributed by atoms with E-state index in [0.717, 1.165) is 24.2 Å². The molecule has 0 spiro atoms. The Labute approximate surface area is 187 Å². The van der Waals surface area contributed by atoms with E-state index in [1.165, 1.54) is 18.5 Å². The molecule has 164 valence electrons. The summed E-state index contributed by atoms with van der Waals surface area (Å²) in [6.45, 7) is 1.27. The first-order valence-corrected chi connectivity index (χ1v) is 11.7. The lowest BCUT2D eigenvalue weighted by Crippen LogP contribution is -2.42. The maximum Gasteiger partial charge on any atom is 0.226 e. The number of anilines is 2. The van der Waals surface area contributed by atoms with E-state index in [4.69, 9.17) is 4.74 Å². The summed E-state index contributed by atoms with van der Waals surface area (Å²) in [5.41, 5.74) is 2.70. The largest absolute Gasteiger partial charge is 0.497 e. The van der Waals surface area contributed by atoms with E-state index in [9.17, 15) is 8.42 Å². The number of hydrazine groups is 1. The van der Waals surface area contributed by atoms with Crippen molar-refractivity contribution in [3.63, 3.8) is 0 Å². The first-order valence-electron chi connectivity index (χ1n) is 10.3. The first kappa shape index (κ1) is 20.3. The quantitative estimate of drug-likeness (QED) is 0.550. The highest BCUT2D eigenvalue weighted by molar-refractivity contribution is 7.91. The maximum atomic E-state index is 13.5. The number of ether oxygens (including phenoxy) is 1. The van der Waals surface area contributed by atoms with E-state index in [1.54, 1.807) is 19.2 Å². The van der Waals surface area contributed by atoms with Gasteiger partial charge in [0.1, 0.15) is 24.4 Å². The topological polar surface area (TPSA) is 78.9 Å². The van der Waals surface area contributed by atoms with Crippen LogP contribution in [0, 0.1) is 0 Å². The number of methoxy groups -OCH3 is 1. The van der Waals surface area contributed by atoms with Gasteiger partial charge < -0.3 is 9.64 Å². The third-order valence-electron chi connectivity index (χ3n) is 5.68. The first-order chi connectivity index (χ1) is 15.5. The fourth-order valence-electron chi connectivity index (χ4n) is 4.15. The molecule has 0 unspecified atom stereocenters. The maximum absolute atomic E-state index is 13.5. The van der Waals surface area contributed by atoms with Gasteiger partial charge in [0.05, 0.1) is 17.7 Å². The zero-order valence-corrected chi connectivity index (χ0v) is 18.7. The van der Waals surface area contributed by atoms with Gasteiger partial charge in [0, 0.05) is 13.6 Å². The zero-order chi connectivity index (χ0) is 22.3. The third-order valence-corrected chi connectivity index (χ3v) is 7.38. The van der Waals surface area contributed by atoms with Crippen molar-refractivity contribution in [2.45, 2.75) is 16.3 Å². The van der Waals surface area contributed by atoms with E-state index < -0.39 is 9.84 Å². The molecular formula is C23H23N5O3S. The highest BCUT2D eigenvalue weighted by atomic mass is 32.2. The molecule has 3 aromatic rings. The van der Waals surface area contributed by atoms with Crippen molar-refractivity contribution in [1.82, 2.24) is 15.0 Å². The van der Waals surface area contributed by atoms with Crippen LogP contribution in [0.5, 0.6) is 5.75 Å². The molecule has 2 aromatic carbocycles. The molecule has 0 fully saturated rings. The van der Waals surface area contributed by atoms with Crippen molar-refractivity contribution in [2.75, 3.05) is 37.3 Å². The van der Waals surface area contributed by atoms with Crippen LogP contribution in [0.15, 0.2) is 76.9 Å². The number of aromatic nitrogens is 2. The minimum absolute atomic E-state index is 0.00195. The van der Waals surface area contributed by atoms with Gasteiger partial charge in [-0.3, -0.25) is 5.01 Å². The molecule has 0 bridgehead atoms. The molecule has 5 rings (SSSR count). The van der Waals surface area contributed by atoms with Crippen molar-refractivity contribution in [1.29, 1.82) is 0 Å². The third kappa shape index (κ3) is 3.25. The second kappa shape index (κ2) is 7.83. The number of hydrogen-bond donors (Lipinski definition) is 0. The van der Waals surface area contributed by atoms with E-state index in [-0.39, 0.29) is 9.92 Å². The van der Waals surface area contributed by atoms with Crippen LogP contribution in [0.3, 0.4) is 0 Å². The number of fused-ring (bicyclic) bond motifs is 1. The van der Waals surface area contributed by atoms with E-state index >= 15 is 0 Å². The number of rotatable bonds is 5. The molecule has 0 N–H and O–H groups in total. The Morgan fingerprint density at radius 3 is 2.44 bits per heavy atom. The standard InChI is InChI=1S/C23H23N5O3S/c1-26-16-28(27-14-6-9-20(27)17-7-4-3-5-8-17)22-21(26)23(25-15-24-22)32(29,30)19-12-10-18(31-2)11-13-19/h3-5,7-13,15H,6,14,16H2,1-2H3. The van der Waals surface area contributed by atoms with Gasteiger partial charge in [0.2, 0.25) is 9.84 Å². The Balaban J connectivity index is 1.55. The number of benzene rings is 2. The highest BCUT2D eigenvalue weighted by Crippen LogP contribution is 2.42. The molecule has 0 aliphatic carbocycles. The summed E-state index contributed by atoms with van der Waals surface area (Å²) < 4.78 is 32.1. The second-order valence-corrected chi connectivity index (χ2v) is 9.50. The molecule has 2 aliphatic heterocycles. The van der Waals surface area contributed by atoms with E-state index in [1.807, 2.05) is 35.2 Å². The smallest absolute Gasteiger partial charge is 0.226 e. The lowest BCUT2D eigenvalue weighted by Gasteiger charge is -2.33. The summed E-state index contributed by atoms with van der Waals surface area (Å²) in [5.74, 6) is 1.17. The van der Waals surface area contributed by atoms with Crippen molar-refractivity contribution < 1.29 is 13.2 Å². The van der Waals surface area contributed by atoms with Crippen LogP contribution in [-0.2, 0) is 9.84 Å². The van der Waals surface area contributed by atoms with Gasteiger partial charge >= 0.3 is 0 Å². The summed E-state index contributed by atoms with van der Waals surface area (Å²) in [7, 11) is -0.442. The minimum Gasteiger partial charge on any atom is -0.497 e. The van der Waals surface area contributed by atoms with Crippen molar-refractivity contribution >= 4 is 27.0 Å². The van der Waals surface area contributed by atoms with Gasteiger partial charge in [-0.1, -0.05) is 36.4 Å². The molecule has 32 heavy (non-hydrogen) atoms. The molecule has 0 amide bonds. The highest BCUT2D eigenvalue weighted by Gasteiger charge is 2.38. The summed E-state index contributed by atoms with van der Waals surface area (Å²) in [6, 6.07) is 16.5. The molecule has 8 nitrogen and oxygen atoms in total. The van der Waals surface area contributed by atoms with Crippen LogP contribution in [0.2, 0.25) is 0 Å². The lowest BCUT2D eigenvalue weighted by atomic mass is 10.1. The zero-order valence-electron chi connectivity index (χ0n) is 17.8. The average Bonchev–Trinajstić information content (AvgIpc) is 3.44. The number of nitrogens with zero attached hydrogens (tertiary/aromatic N) is 5. The van der Waals surface area contributed by atoms with Crippen LogP contribution in [0.1, 0.15) is 12.0 Å². The Kier molecular flexibility index (Phi) is 4.97. The van der Waals surface area contributed by atoms with Crippen LogP contribution in [-0.4, -0.2) is 50.8 Å². The Hall–Kier alpha value is -3.59. The fourth-order valence-corrected chi connectivity index (χ4v) is 5.55. The molecule has 0 radical (unpaired) electrons. The minimum atomic E-state index is -3.84. The van der Waals surface area contributed by atoms with E-state index in [2.05, 4.69) is 33.2 Å². The molecular weight excluding hydrogens is 426 g/mol. The second-order valence-electron chi connectivity index (χ2n) is 7.64.